The summed E-state index contributed by atoms with van der Waals surface area (Å²) in [6.45, 7) is 1.61. The Morgan fingerprint density at radius 2 is 2.13 bits per heavy atom. The van der Waals surface area contributed by atoms with E-state index in [4.69, 9.17) is 11.6 Å². The molecule has 1 aliphatic rings. The maximum Gasteiger partial charge on any atom is 0.163 e. The van der Waals surface area contributed by atoms with Crippen LogP contribution in [0.25, 0.3) is 5.57 Å². The third-order valence-electron chi connectivity index (χ3n) is 2.63. The highest BCUT2D eigenvalue weighted by Gasteiger charge is 2.21. The molecule has 0 aliphatic heterocycles. The first-order valence-electron chi connectivity index (χ1n) is 4.79. The molecule has 0 amide bonds. The highest BCUT2D eigenvalue weighted by molar-refractivity contribution is 6.31. The molecule has 0 bridgehead atoms. The Kier molecular flexibility index (Phi) is 2.61. The van der Waals surface area contributed by atoms with Gasteiger partial charge >= 0.3 is 0 Å². The maximum absolute atomic E-state index is 13.8. The smallest absolute Gasteiger partial charge is 0.163 e. The minimum atomic E-state index is -0.385. The third kappa shape index (κ3) is 1.70. The monoisotopic (exact) mass is 224 g/mol. The van der Waals surface area contributed by atoms with E-state index in [0.717, 1.165) is 0 Å². The quantitative estimate of drug-likeness (QED) is 0.713. The van der Waals surface area contributed by atoms with Crippen LogP contribution in [0.2, 0.25) is 5.02 Å². The zero-order chi connectivity index (χ0) is 11.0. The van der Waals surface area contributed by atoms with Crippen LogP contribution in [0.5, 0.6) is 0 Å². The number of carbonyl (C=O) groups excluding carboxylic acids is 1. The molecule has 78 valence electrons. The molecule has 1 aromatic rings. The Labute approximate surface area is 92.6 Å². The fourth-order valence-electron chi connectivity index (χ4n) is 1.73. The minimum Gasteiger partial charge on any atom is -0.294 e. The van der Waals surface area contributed by atoms with Crippen LogP contribution in [-0.2, 0) is 4.79 Å². The van der Waals surface area contributed by atoms with Gasteiger partial charge in [-0.15, -0.1) is 0 Å². The summed E-state index contributed by atoms with van der Waals surface area (Å²) in [5, 5.41) is 0.391. The van der Waals surface area contributed by atoms with Crippen molar-refractivity contribution in [3.63, 3.8) is 0 Å². The van der Waals surface area contributed by atoms with E-state index in [9.17, 15) is 9.18 Å². The molecule has 1 aromatic carbocycles. The number of allylic oxidation sites excluding steroid dienone is 2. The molecule has 0 saturated heterocycles. The Hall–Kier alpha value is -1.15. The first kappa shape index (κ1) is 10.4. The Bertz CT molecular complexity index is 463. The summed E-state index contributed by atoms with van der Waals surface area (Å²) in [7, 11) is 0. The van der Waals surface area contributed by atoms with E-state index in [1.165, 1.54) is 0 Å². The number of halogens is 2. The molecule has 0 saturated carbocycles. The summed E-state index contributed by atoms with van der Waals surface area (Å²) in [4.78, 5) is 11.5. The fourth-order valence-corrected chi connectivity index (χ4v) is 1.87. The summed E-state index contributed by atoms with van der Waals surface area (Å²) >= 11 is 5.78. The number of benzene rings is 1. The van der Waals surface area contributed by atoms with Gasteiger partial charge in [0.25, 0.3) is 0 Å². The highest BCUT2D eigenvalue weighted by atomic mass is 35.5. The van der Waals surface area contributed by atoms with Crippen molar-refractivity contribution in [3.05, 3.63) is 40.2 Å². The molecule has 0 fully saturated rings. The molecule has 2 rings (SSSR count). The molecule has 3 heteroatoms. The van der Waals surface area contributed by atoms with E-state index in [2.05, 4.69) is 0 Å². The predicted octanol–water partition coefficient (Wildman–Crippen LogP) is 3.53. The van der Waals surface area contributed by atoms with Crippen molar-refractivity contribution in [1.29, 1.82) is 0 Å². The normalized spacial score (nSPS) is 15.7. The van der Waals surface area contributed by atoms with E-state index in [-0.39, 0.29) is 11.6 Å². The Balaban J connectivity index is 2.55. The van der Waals surface area contributed by atoms with Crippen molar-refractivity contribution in [3.8, 4) is 0 Å². The van der Waals surface area contributed by atoms with Crippen molar-refractivity contribution in [1.82, 2.24) is 0 Å². The summed E-state index contributed by atoms with van der Waals surface area (Å²) < 4.78 is 13.8. The fraction of sp³-hybridized carbons (Fsp3) is 0.250. The van der Waals surface area contributed by atoms with Gasteiger partial charge in [-0.3, -0.25) is 4.79 Å². The second kappa shape index (κ2) is 3.78. The molecule has 0 heterocycles. The largest absolute Gasteiger partial charge is 0.294 e. The number of hydrogen-bond acceptors (Lipinski definition) is 1. The average molecular weight is 225 g/mol. The van der Waals surface area contributed by atoms with E-state index in [0.29, 0.717) is 34.6 Å². The number of Topliss-reactive ketones (excluding diaryl/α,β-unsaturated/α-hetero) is 1. The maximum atomic E-state index is 13.8. The van der Waals surface area contributed by atoms with E-state index < -0.39 is 0 Å². The van der Waals surface area contributed by atoms with Crippen molar-refractivity contribution in [2.24, 2.45) is 0 Å². The van der Waals surface area contributed by atoms with Crippen molar-refractivity contribution in [2.75, 3.05) is 0 Å². The lowest BCUT2D eigenvalue weighted by molar-refractivity contribution is -0.113. The van der Waals surface area contributed by atoms with E-state index in [1.807, 2.05) is 0 Å². The second-order valence-electron chi connectivity index (χ2n) is 3.61. The molecular formula is C12H10ClFO. The molecule has 0 spiro atoms. The molecule has 15 heavy (non-hydrogen) atoms. The number of hydrogen-bond donors (Lipinski definition) is 0. The predicted molar refractivity (Wildman–Crippen MR) is 58.4 cm³/mol. The first-order chi connectivity index (χ1) is 7.11. The van der Waals surface area contributed by atoms with Crippen LogP contribution in [0.4, 0.5) is 4.39 Å². The van der Waals surface area contributed by atoms with Crippen LogP contribution in [-0.4, -0.2) is 5.78 Å². The zero-order valence-corrected chi connectivity index (χ0v) is 9.07. The van der Waals surface area contributed by atoms with Gasteiger partial charge in [0.05, 0.1) is 0 Å². The lowest BCUT2D eigenvalue weighted by atomic mass is 10.0. The lowest BCUT2D eigenvalue weighted by Gasteiger charge is -2.07. The molecule has 1 aliphatic carbocycles. The van der Waals surface area contributed by atoms with Crippen LogP contribution in [0.3, 0.4) is 0 Å². The number of carbonyl (C=O) groups is 1. The molecule has 0 radical (unpaired) electrons. The van der Waals surface area contributed by atoms with Crippen LogP contribution in [0.1, 0.15) is 24.0 Å². The molecule has 0 N–H and O–H groups in total. The van der Waals surface area contributed by atoms with Crippen LogP contribution < -0.4 is 0 Å². The zero-order valence-electron chi connectivity index (χ0n) is 8.31. The van der Waals surface area contributed by atoms with Gasteiger partial charge in [0, 0.05) is 28.1 Å². The molecule has 0 unspecified atom stereocenters. The molecular weight excluding hydrogens is 215 g/mol. The third-order valence-corrected chi connectivity index (χ3v) is 3.04. The van der Waals surface area contributed by atoms with Gasteiger partial charge in [-0.2, -0.15) is 0 Å². The lowest BCUT2D eigenvalue weighted by Crippen LogP contribution is -1.99. The summed E-state index contributed by atoms with van der Waals surface area (Å²) in [6.07, 6.45) is 2.97. The standard InChI is InChI=1S/C12H10ClFO/c1-7-10(13)6-5-9(12(7)14)8-3-2-4-11(8)15/h3,5-6H,2,4H2,1H3. The van der Waals surface area contributed by atoms with Gasteiger partial charge in [-0.05, 0) is 25.5 Å². The van der Waals surface area contributed by atoms with Gasteiger partial charge in [0.2, 0.25) is 0 Å². The van der Waals surface area contributed by atoms with Crippen LogP contribution in [0.15, 0.2) is 18.2 Å². The highest BCUT2D eigenvalue weighted by Crippen LogP contribution is 2.30. The van der Waals surface area contributed by atoms with Gasteiger partial charge in [-0.25, -0.2) is 4.39 Å². The second-order valence-corrected chi connectivity index (χ2v) is 4.02. The SMILES string of the molecule is Cc1c(Cl)ccc(C2=CCCC2=O)c1F. The number of rotatable bonds is 1. The van der Waals surface area contributed by atoms with Gasteiger partial charge < -0.3 is 0 Å². The summed E-state index contributed by atoms with van der Waals surface area (Å²) in [6, 6.07) is 3.20. The average Bonchev–Trinajstić information content (AvgIpc) is 2.62. The first-order valence-corrected chi connectivity index (χ1v) is 5.17. The van der Waals surface area contributed by atoms with Gasteiger partial charge in [0.1, 0.15) is 5.82 Å². The van der Waals surface area contributed by atoms with Crippen molar-refractivity contribution >= 4 is 23.0 Å². The van der Waals surface area contributed by atoms with Gasteiger partial charge in [-0.1, -0.05) is 17.7 Å². The molecule has 1 nitrogen and oxygen atoms in total. The van der Waals surface area contributed by atoms with Crippen LogP contribution in [0, 0.1) is 12.7 Å². The van der Waals surface area contributed by atoms with Crippen LogP contribution >= 0.6 is 11.6 Å². The Morgan fingerprint density at radius 3 is 2.73 bits per heavy atom. The topological polar surface area (TPSA) is 17.1 Å². The molecule has 0 aromatic heterocycles. The van der Waals surface area contributed by atoms with Crippen molar-refractivity contribution in [2.45, 2.75) is 19.8 Å². The summed E-state index contributed by atoms with van der Waals surface area (Å²) in [5.74, 6) is -0.375. The Morgan fingerprint density at radius 1 is 1.40 bits per heavy atom. The van der Waals surface area contributed by atoms with Gasteiger partial charge in [0.15, 0.2) is 5.78 Å². The summed E-state index contributed by atoms with van der Waals surface area (Å²) in [5.41, 5.74) is 1.27. The minimum absolute atomic E-state index is 0.00984. The van der Waals surface area contributed by atoms with E-state index in [1.54, 1.807) is 25.1 Å². The molecule has 0 atom stereocenters. The van der Waals surface area contributed by atoms with Crippen molar-refractivity contribution < 1.29 is 9.18 Å². The number of ketones is 1. The van der Waals surface area contributed by atoms with E-state index >= 15 is 0 Å².